The van der Waals surface area contributed by atoms with Crippen LogP contribution in [0.5, 0.6) is 0 Å². The minimum absolute atomic E-state index is 0.00464. The van der Waals surface area contributed by atoms with Crippen LogP contribution in [-0.4, -0.2) is 26.8 Å². The Hall–Kier alpha value is -2.25. The van der Waals surface area contributed by atoms with E-state index in [1.54, 1.807) is 6.26 Å². The van der Waals surface area contributed by atoms with Crippen LogP contribution in [0.25, 0.3) is 4.95 Å². The number of fused-ring (bicyclic) bond motifs is 7. The van der Waals surface area contributed by atoms with E-state index in [4.69, 9.17) is 6.57 Å². The second-order valence-electron chi connectivity index (χ2n) is 15.3. The average molecular weight is 550 g/mol. The number of Topliss-reactive ketones (excluding diaryl/α,β-unsaturated/α-hetero) is 1. The average Bonchev–Trinajstić information content (AvgIpc) is 2.82. The zero-order chi connectivity index (χ0) is 29.0. The molecular formula is C32H43N3O3S. The Morgan fingerprint density at radius 3 is 2.31 bits per heavy atom. The summed E-state index contributed by atoms with van der Waals surface area (Å²) in [5.41, 5.74) is -0.681. The first-order valence-corrected chi connectivity index (χ1v) is 16.3. The van der Waals surface area contributed by atoms with E-state index >= 15 is 0 Å². The Morgan fingerprint density at radius 1 is 1.05 bits per heavy atom. The predicted molar refractivity (Wildman–Crippen MR) is 152 cm³/mol. The molecule has 7 heteroatoms. The number of ketones is 2. The lowest BCUT2D eigenvalue weighted by molar-refractivity contribution is -0.152. The summed E-state index contributed by atoms with van der Waals surface area (Å²) in [7, 11) is -2.85. The van der Waals surface area contributed by atoms with E-state index in [9.17, 15) is 19.1 Å². The number of nitriles is 1. The standard InChI is InChI=1S/C32H43N3O3S/c1-27(2)12-14-32(39(9,38)35-34-8)15-13-31(7)25(21(32)18-27)22(36)16-24-29(5)17-20(19-33)26(37)28(3,4)23(29)10-11-30(24,31)6/h16-17,21,23,25H,10-15,18H2,1-7,9H3/t21-,23-,25-,29-,30+,31+,32-,39?/m0/s1. The van der Waals surface area contributed by atoms with Gasteiger partial charge >= 0.3 is 0 Å². The number of hydrogen-bond acceptors (Lipinski definition) is 5. The fourth-order valence-corrected chi connectivity index (χ4v) is 12.5. The fourth-order valence-electron chi connectivity index (χ4n) is 10.4. The third-order valence-electron chi connectivity index (χ3n) is 12.7. The molecular weight excluding hydrogens is 506 g/mol. The third-order valence-corrected chi connectivity index (χ3v) is 15.3. The van der Waals surface area contributed by atoms with Gasteiger partial charge in [0, 0.05) is 23.0 Å². The Bertz CT molecular complexity index is 1450. The molecule has 0 radical (unpaired) electrons. The monoisotopic (exact) mass is 549 g/mol. The first-order chi connectivity index (χ1) is 17.9. The molecule has 3 fully saturated rings. The van der Waals surface area contributed by atoms with Crippen molar-refractivity contribution in [1.29, 1.82) is 5.26 Å². The second-order valence-corrected chi connectivity index (χ2v) is 17.9. The zero-order valence-corrected chi connectivity index (χ0v) is 25.6. The Labute approximate surface area is 234 Å². The van der Waals surface area contributed by atoms with E-state index in [0.29, 0.717) is 6.42 Å². The van der Waals surface area contributed by atoms with Crippen LogP contribution in [0.4, 0.5) is 0 Å². The van der Waals surface area contributed by atoms with Crippen LogP contribution in [0.3, 0.4) is 0 Å². The molecule has 0 heterocycles. The van der Waals surface area contributed by atoms with Crippen LogP contribution in [0.15, 0.2) is 27.8 Å². The lowest BCUT2D eigenvalue weighted by Gasteiger charge is -2.69. The summed E-state index contributed by atoms with van der Waals surface area (Å²) in [4.78, 5) is 31.0. The van der Waals surface area contributed by atoms with Crippen molar-refractivity contribution in [1.82, 2.24) is 0 Å². The van der Waals surface area contributed by atoms with E-state index in [-0.39, 0.29) is 51.1 Å². The molecule has 0 amide bonds. The highest BCUT2D eigenvalue weighted by atomic mass is 32.2. The van der Waals surface area contributed by atoms with Gasteiger partial charge in [0.15, 0.2) is 11.6 Å². The SMILES string of the molecule is [C-]#[N+]N=S(C)(=O)[C@]12CCC(C)(C)C[C@H]1[C@H]1C(=O)C=C3[C@@]4(C)C=C(C#N)C(=O)C(C)(C)[C@@H]4CC[C@@]3(C)[C@]1(C)CC2. The van der Waals surface area contributed by atoms with Crippen molar-refractivity contribution in [3.63, 3.8) is 0 Å². The summed E-state index contributed by atoms with van der Waals surface area (Å²) in [6.07, 6.45) is 10.9. The molecule has 1 unspecified atom stereocenters. The molecule has 6 nitrogen and oxygen atoms in total. The van der Waals surface area contributed by atoms with Gasteiger partial charge in [-0.1, -0.05) is 60.1 Å². The molecule has 0 aromatic heterocycles. The van der Waals surface area contributed by atoms with Crippen LogP contribution >= 0.6 is 0 Å². The van der Waals surface area contributed by atoms with Crippen molar-refractivity contribution in [2.24, 2.45) is 49.3 Å². The number of rotatable bonds is 1. The summed E-state index contributed by atoms with van der Waals surface area (Å²) in [6, 6.07) is 2.17. The molecule has 39 heavy (non-hydrogen) atoms. The van der Waals surface area contributed by atoms with Crippen LogP contribution < -0.4 is 0 Å². The molecule has 0 aromatic rings. The van der Waals surface area contributed by atoms with Gasteiger partial charge in [-0.2, -0.15) is 11.8 Å². The minimum Gasteiger partial charge on any atom is -0.295 e. The van der Waals surface area contributed by atoms with Gasteiger partial charge in [-0.3, -0.25) is 9.59 Å². The Kier molecular flexibility index (Phi) is 5.92. The summed E-state index contributed by atoms with van der Waals surface area (Å²) in [6.45, 7) is 22.5. The topological polar surface area (TPSA) is 91.7 Å². The van der Waals surface area contributed by atoms with Gasteiger partial charge in [0.25, 0.3) is 0 Å². The maximum absolute atomic E-state index is 14.5. The molecule has 0 bridgehead atoms. The number of allylic oxidation sites excluding steroid dienone is 4. The first kappa shape index (κ1) is 28.3. The number of nitrogens with zero attached hydrogens (tertiary/aromatic N) is 3. The van der Waals surface area contributed by atoms with E-state index in [2.05, 4.69) is 50.1 Å². The number of hydrogen-bond donors (Lipinski definition) is 0. The maximum Gasteiger partial charge on any atom is 0.178 e. The van der Waals surface area contributed by atoms with Crippen LogP contribution in [0.2, 0.25) is 0 Å². The van der Waals surface area contributed by atoms with Gasteiger partial charge in [0.05, 0.1) is 10.3 Å². The quantitative estimate of drug-likeness (QED) is 0.263. The molecule has 210 valence electrons. The number of carbonyl (C=O) groups is 2. The highest BCUT2D eigenvalue weighted by molar-refractivity contribution is 7.94. The molecule has 3 saturated carbocycles. The van der Waals surface area contributed by atoms with E-state index in [1.807, 2.05) is 26.0 Å². The molecule has 0 N–H and O–H groups in total. The van der Waals surface area contributed by atoms with Crippen molar-refractivity contribution in [2.75, 3.05) is 6.26 Å². The summed E-state index contributed by atoms with van der Waals surface area (Å²) >= 11 is 0. The molecule has 0 aromatic carbocycles. The van der Waals surface area contributed by atoms with Gasteiger partial charge in [-0.05, 0) is 79.1 Å². The van der Waals surface area contributed by atoms with Crippen molar-refractivity contribution in [2.45, 2.75) is 98.2 Å². The summed E-state index contributed by atoms with van der Waals surface area (Å²) in [5.74, 6) is -0.441. The van der Waals surface area contributed by atoms with Crippen molar-refractivity contribution < 1.29 is 13.8 Å². The van der Waals surface area contributed by atoms with Gasteiger partial charge < -0.3 is 0 Å². The molecule has 0 spiro atoms. The fraction of sp³-hybridized carbons (Fsp3) is 0.750. The van der Waals surface area contributed by atoms with Crippen molar-refractivity contribution >= 4 is 21.3 Å². The predicted octanol–water partition coefficient (Wildman–Crippen LogP) is 6.89. The van der Waals surface area contributed by atoms with Gasteiger partial charge in [0.1, 0.15) is 20.3 Å². The van der Waals surface area contributed by atoms with E-state index in [0.717, 1.165) is 44.1 Å². The van der Waals surface area contributed by atoms with Gasteiger partial charge in [0.2, 0.25) is 0 Å². The third kappa shape index (κ3) is 3.38. The highest BCUT2D eigenvalue weighted by Gasteiger charge is 2.71. The smallest absolute Gasteiger partial charge is 0.178 e. The largest absolute Gasteiger partial charge is 0.295 e. The molecule has 0 aliphatic heterocycles. The molecule has 5 rings (SSSR count). The molecule has 0 saturated heterocycles. The molecule has 8 atom stereocenters. The Morgan fingerprint density at radius 2 is 1.69 bits per heavy atom. The van der Waals surface area contributed by atoms with Gasteiger partial charge in [-0.15, -0.1) is 4.95 Å². The van der Waals surface area contributed by atoms with Crippen LogP contribution in [0.1, 0.15) is 93.4 Å². The minimum atomic E-state index is -2.85. The second kappa shape index (κ2) is 8.16. The van der Waals surface area contributed by atoms with Gasteiger partial charge in [-0.25, -0.2) is 4.21 Å². The van der Waals surface area contributed by atoms with Crippen LogP contribution in [0, 0.1) is 62.7 Å². The normalized spacial score (nSPS) is 45.4. The van der Waals surface area contributed by atoms with Crippen molar-refractivity contribution in [3.05, 3.63) is 34.8 Å². The highest BCUT2D eigenvalue weighted by Crippen LogP contribution is 2.74. The van der Waals surface area contributed by atoms with E-state index in [1.165, 1.54) is 0 Å². The summed E-state index contributed by atoms with van der Waals surface area (Å²) in [5, 5.41) is 9.89. The number of carbonyl (C=O) groups excluding carboxylic acids is 2. The van der Waals surface area contributed by atoms with Crippen molar-refractivity contribution in [3.8, 4) is 6.07 Å². The maximum atomic E-state index is 14.5. The molecule has 5 aliphatic carbocycles. The van der Waals surface area contributed by atoms with Crippen LogP contribution in [-0.2, 0) is 19.3 Å². The lowest BCUT2D eigenvalue weighted by atomic mass is 9.35. The van der Waals surface area contributed by atoms with E-state index < -0.39 is 25.3 Å². The lowest BCUT2D eigenvalue weighted by Crippen LogP contribution is -2.67. The molecule has 5 aliphatic rings. The Balaban J connectivity index is 1.74. The zero-order valence-electron chi connectivity index (χ0n) is 24.8. The first-order valence-electron chi connectivity index (χ1n) is 14.4. The summed E-state index contributed by atoms with van der Waals surface area (Å²) < 4.78 is 17.6.